The summed E-state index contributed by atoms with van der Waals surface area (Å²) in [5, 5.41) is 9.79. The van der Waals surface area contributed by atoms with Crippen LogP contribution in [0.25, 0.3) is 0 Å². The van der Waals surface area contributed by atoms with E-state index in [9.17, 15) is 5.11 Å². The number of phenolic OH excluding ortho intramolecular Hbond substituents is 1. The second-order valence-corrected chi connectivity index (χ2v) is 7.54. The maximum Gasteiger partial charge on any atom is 0.143 e. The van der Waals surface area contributed by atoms with Gasteiger partial charge in [0.05, 0.1) is 8.95 Å². The Morgan fingerprint density at radius 1 is 1.10 bits per heavy atom. The summed E-state index contributed by atoms with van der Waals surface area (Å²) in [6.45, 7) is 5.85. The molecule has 2 heterocycles. The zero-order valence-corrected chi connectivity index (χ0v) is 14.7. The standard InChI is InChI=1S/C15H20Br2N2O/c16-13-7-11(8-14(17)15(13)20)9-18-4-2-6-19-5-1-3-12(19)10-18/h7-8,12,20H,1-6,9-10H2. The molecule has 20 heavy (non-hydrogen) atoms. The number of hydrogen-bond donors (Lipinski definition) is 1. The molecular weight excluding hydrogens is 384 g/mol. The Morgan fingerprint density at radius 3 is 2.55 bits per heavy atom. The van der Waals surface area contributed by atoms with Gasteiger partial charge < -0.3 is 5.11 Å². The minimum Gasteiger partial charge on any atom is -0.506 e. The molecule has 2 fully saturated rings. The number of aromatic hydroxyl groups is 1. The van der Waals surface area contributed by atoms with Crippen LogP contribution < -0.4 is 0 Å². The third-order valence-electron chi connectivity index (χ3n) is 4.37. The van der Waals surface area contributed by atoms with Crippen molar-refractivity contribution in [2.75, 3.05) is 26.2 Å². The summed E-state index contributed by atoms with van der Waals surface area (Å²) in [7, 11) is 0. The van der Waals surface area contributed by atoms with Gasteiger partial charge in [0.1, 0.15) is 5.75 Å². The van der Waals surface area contributed by atoms with Crippen molar-refractivity contribution in [2.45, 2.75) is 31.8 Å². The molecular formula is C15H20Br2N2O. The van der Waals surface area contributed by atoms with Crippen LogP contribution in [0.3, 0.4) is 0 Å². The summed E-state index contributed by atoms with van der Waals surface area (Å²) in [4.78, 5) is 5.21. The van der Waals surface area contributed by atoms with Crippen LogP contribution in [0.15, 0.2) is 21.1 Å². The van der Waals surface area contributed by atoms with E-state index >= 15 is 0 Å². The Bertz CT molecular complexity index is 472. The molecule has 0 aromatic heterocycles. The van der Waals surface area contributed by atoms with Crippen molar-refractivity contribution >= 4 is 31.9 Å². The molecule has 2 aliphatic rings. The topological polar surface area (TPSA) is 26.7 Å². The second kappa shape index (κ2) is 6.34. The maximum absolute atomic E-state index is 9.79. The average molecular weight is 404 g/mol. The fourth-order valence-electron chi connectivity index (χ4n) is 3.39. The first-order chi connectivity index (χ1) is 9.63. The Labute approximate surface area is 137 Å². The number of nitrogens with zero attached hydrogens (tertiary/aromatic N) is 2. The molecule has 1 N–H and O–H groups in total. The summed E-state index contributed by atoms with van der Waals surface area (Å²) < 4.78 is 1.53. The van der Waals surface area contributed by atoms with E-state index in [1.807, 2.05) is 12.1 Å². The van der Waals surface area contributed by atoms with E-state index in [-0.39, 0.29) is 5.75 Å². The zero-order chi connectivity index (χ0) is 14.1. The summed E-state index contributed by atoms with van der Waals surface area (Å²) in [6.07, 6.45) is 3.96. The molecule has 0 aliphatic carbocycles. The van der Waals surface area contributed by atoms with Crippen LogP contribution in [-0.4, -0.2) is 47.1 Å². The van der Waals surface area contributed by atoms with Crippen LogP contribution in [0.1, 0.15) is 24.8 Å². The molecule has 3 nitrogen and oxygen atoms in total. The highest BCUT2D eigenvalue weighted by molar-refractivity contribution is 9.11. The van der Waals surface area contributed by atoms with Crippen LogP contribution in [0.5, 0.6) is 5.75 Å². The monoisotopic (exact) mass is 402 g/mol. The third kappa shape index (κ3) is 3.21. The molecule has 2 saturated heterocycles. The molecule has 0 bridgehead atoms. The van der Waals surface area contributed by atoms with Gasteiger partial charge in [-0.1, -0.05) is 0 Å². The molecule has 5 heteroatoms. The molecule has 110 valence electrons. The van der Waals surface area contributed by atoms with Crippen LogP contribution in [0.2, 0.25) is 0 Å². The highest BCUT2D eigenvalue weighted by Crippen LogP contribution is 2.34. The molecule has 1 unspecified atom stereocenters. The predicted molar refractivity (Wildman–Crippen MR) is 88.0 cm³/mol. The van der Waals surface area contributed by atoms with Gasteiger partial charge in [-0.3, -0.25) is 9.80 Å². The largest absolute Gasteiger partial charge is 0.506 e. The lowest BCUT2D eigenvalue weighted by Gasteiger charge is -2.25. The van der Waals surface area contributed by atoms with Gasteiger partial charge in [-0.05, 0) is 88.5 Å². The van der Waals surface area contributed by atoms with Crippen LogP contribution >= 0.6 is 31.9 Å². The molecule has 0 amide bonds. The molecule has 0 spiro atoms. The Kier molecular flexibility index (Phi) is 4.70. The first-order valence-corrected chi connectivity index (χ1v) is 8.85. The van der Waals surface area contributed by atoms with Crippen LogP contribution in [0.4, 0.5) is 0 Å². The van der Waals surface area contributed by atoms with Crippen molar-refractivity contribution in [1.29, 1.82) is 0 Å². The predicted octanol–water partition coefficient (Wildman–Crippen LogP) is 3.59. The Morgan fingerprint density at radius 2 is 1.80 bits per heavy atom. The fourth-order valence-corrected chi connectivity index (χ4v) is 4.68. The van der Waals surface area contributed by atoms with Crippen molar-refractivity contribution in [2.24, 2.45) is 0 Å². The lowest BCUT2D eigenvalue weighted by molar-refractivity contribution is 0.215. The van der Waals surface area contributed by atoms with E-state index in [2.05, 4.69) is 41.7 Å². The smallest absolute Gasteiger partial charge is 0.143 e. The lowest BCUT2D eigenvalue weighted by Crippen LogP contribution is -2.36. The van der Waals surface area contributed by atoms with Gasteiger partial charge in [-0.15, -0.1) is 0 Å². The minimum absolute atomic E-state index is 0.284. The lowest BCUT2D eigenvalue weighted by atomic mass is 10.1. The van der Waals surface area contributed by atoms with Crippen molar-refractivity contribution in [3.8, 4) is 5.75 Å². The number of hydrogen-bond acceptors (Lipinski definition) is 3. The van der Waals surface area contributed by atoms with E-state index in [4.69, 9.17) is 0 Å². The summed E-state index contributed by atoms with van der Waals surface area (Å²) in [5.74, 6) is 0.284. The van der Waals surface area contributed by atoms with Crippen molar-refractivity contribution in [1.82, 2.24) is 9.80 Å². The molecule has 1 aromatic carbocycles. The van der Waals surface area contributed by atoms with E-state index in [0.29, 0.717) is 0 Å². The van der Waals surface area contributed by atoms with Gasteiger partial charge in [-0.25, -0.2) is 0 Å². The number of phenols is 1. The average Bonchev–Trinajstić information content (AvgIpc) is 2.75. The normalized spacial score (nSPS) is 24.6. The maximum atomic E-state index is 9.79. The molecule has 2 aliphatic heterocycles. The quantitative estimate of drug-likeness (QED) is 0.817. The van der Waals surface area contributed by atoms with Crippen molar-refractivity contribution < 1.29 is 5.11 Å². The minimum atomic E-state index is 0.284. The van der Waals surface area contributed by atoms with Gasteiger partial charge in [0.2, 0.25) is 0 Å². The van der Waals surface area contributed by atoms with E-state index < -0.39 is 0 Å². The van der Waals surface area contributed by atoms with Crippen LogP contribution in [0, 0.1) is 0 Å². The van der Waals surface area contributed by atoms with E-state index in [1.165, 1.54) is 51.0 Å². The van der Waals surface area contributed by atoms with Gasteiger partial charge >= 0.3 is 0 Å². The molecule has 0 saturated carbocycles. The molecule has 1 aromatic rings. The third-order valence-corrected chi connectivity index (χ3v) is 5.58. The van der Waals surface area contributed by atoms with Gasteiger partial charge in [0.25, 0.3) is 0 Å². The van der Waals surface area contributed by atoms with Gasteiger partial charge in [0.15, 0.2) is 0 Å². The summed E-state index contributed by atoms with van der Waals surface area (Å²) in [6, 6.07) is 4.80. The van der Waals surface area contributed by atoms with Crippen LogP contribution in [-0.2, 0) is 6.54 Å². The number of fused-ring (bicyclic) bond motifs is 1. The van der Waals surface area contributed by atoms with Crippen molar-refractivity contribution in [3.05, 3.63) is 26.6 Å². The highest BCUT2D eigenvalue weighted by Gasteiger charge is 2.28. The summed E-state index contributed by atoms with van der Waals surface area (Å²) in [5.41, 5.74) is 1.24. The zero-order valence-electron chi connectivity index (χ0n) is 11.5. The van der Waals surface area contributed by atoms with Gasteiger partial charge in [-0.2, -0.15) is 0 Å². The van der Waals surface area contributed by atoms with Gasteiger partial charge in [0, 0.05) is 19.1 Å². The van der Waals surface area contributed by atoms with E-state index in [1.54, 1.807) is 0 Å². The first-order valence-electron chi connectivity index (χ1n) is 7.27. The molecule has 0 radical (unpaired) electrons. The Balaban J connectivity index is 1.70. The second-order valence-electron chi connectivity index (χ2n) is 5.83. The number of rotatable bonds is 2. The SMILES string of the molecule is Oc1c(Br)cc(CN2CCCN3CCCC3C2)cc1Br. The first kappa shape index (κ1) is 14.8. The number of benzene rings is 1. The molecule has 3 rings (SSSR count). The van der Waals surface area contributed by atoms with Crippen molar-refractivity contribution in [3.63, 3.8) is 0 Å². The Hall–Kier alpha value is -0.100. The number of halogens is 2. The fraction of sp³-hybridized carbons (Fsp3) is 0.600. The van der Waals surface area contributed by atoms with E-state index in [0.717, 1.165) is 21.5 Å². The molecule has 1 atom stereocenters. The summed E-state index contributed by atoms with van der Waals surface area (Å²) >= 11 is 6.83. The highest BCUT2D eigenvalue weighted by atomic mass is 79.9.